The fourth-order valence-electron chi connectivity index (χ4n) is 1.03. The van der Waals surface area contributed by atoms with Gasteiger partial charge in [-0.2, -0.15) is 0 Å². The molecule has 0 radical (unpaired) electrons. The van der Waals surface area contributed by atoms with Crippen LogP contribution in [0.25, 0.3) is 0 Å². The maximum Gasteiger partial charge on any atom is 0.193 e. The minimum absolute atomic E-state index is 0.287. The van der Waals surface area contributed by atoms with Crippen molar-refractivity contribution in [1.82, 2.24) is 5.32 Å². The van der Waals surface area contributed by atoms with Crippen molar-refractivity contribution in [3.05, 3.63) is 23.1 Å². The summed E-state index contributed by atoms with van der Waals surface area (Å²) in [6, 6.07) is 3.60. The second kappa shape index (κ2) is 6.06. The third-order valence-corrected chi connectivity index (χ3v) is 1.86. The first kappa shape index (κ1) is 11.6. The number of ether oxygens (including phenoxy) is 1. The van der Waals surface area contributed by atoms with Gasteiger partial charge < -0.3 is 14.5 Å². The number of halogens is 1. The normalized spacial score (nSPS) is 11.1. The molecule has 14 heavy (non-hydrogen) atoms. The van der Waals surface area contributed by atoms with E-state index in [1.165, 1.54) is 0 Å². The summed E-state index contributed by atoms with van der Waals surface area (Å²) in [5.41, 5.74) is 0. The van der Waals surface area contributed by atoms with Gasteiger partial charge in [0.05, 0.1) is 19.3 Å². The van der Waals surface area contributed by atoms with Crippen LogP contribution in [0.1, 0.15) is 19.6 Å². The van der Waals surface area contributed by atoms with E-state index in [1.54, 1.807) is 6.07 Å². The molecule has 1 aromatic rings. The van der Waals surface area contributed by atoms with Gasteiger partial charge in [-0.1, -0.05) is 0 Å². The Labute approximate surface area is 89.4 Å². The number of hydrogen-bond donors (Lipinski definition) is 1. The molecule has 0 fully saturated rings. The van der Waals surface area contributed by atoms with Crippen molar-refractivity contribution in [3.63, 3.8) is 0 Å². The summed E-state index contributed by atoms with van der Waals surface area (Å²) in [5.74, 6) is 0.847. The molecule has 0 aliphatic rings. The molecular formula is C10H16ClNO2. The lowest BCUT2D eigenvalue weighted by Crippen LogP contribution is -2.20. The molecule has 1 rings (SSSR count). The molecule has 0 aliphatic heterocycles. The highest BCUT2D eigenvalue weighted by atomic mass is 35.5. The molecule has 1 N–H and O–H groups in total. The molecule has 1 aromatic heterocycles. The summed E-state index contributed by atoms with van der Waals surface area (Å²) in [4.78, 5) is 0. The average Bonchev–Trinajstić information content (AvgIpc) is 2.50. The Kier molecular flexibility index (Phi) is 5.01. The predicted molar refractivity (Wildman–Crippen MR) is 56.5 cm³/mol. The summed E-state index contributed by atoms with van der Waals surface area (Å²) >= 11 is 5.62. The van der Waals surface area contributed by atoms with Gasteiger partial charge in [-0.3, -0.25) is 0 Å². The number of furan rings is 1. The smallest absolute Gasteiger partial charge is 0.193 e. The lowest BCUT2D eigenvalue weighted by Gasteiger charge is -2.07. The summed E-state index contributed by atoms with van der Waals surface area (Å²) in [7, 11) is 0. The van der Waals surface area contributed by atoms with Gasteiger partial charge in [0.15, 0.2) is 5.22 Å². The molecule has 0 aliphatic carbocycles. The van der Waals surface area contributed by atoms with E-state index in [0.29, 0.717) is 18.4 Å². The van der Waals surface area contributed by atoms with Crippen molar-refractivity contribution >= 4 is 11.6 Å². The van der Waals surface area contributed by atoms with Crippen LogP contribution in [-0.4, -0.2) is 19.3 Å². The van der Waals surface area contributed by atoms with Crippen molar-refractivity contribution in [2.45, 2.75) is 26.5 Å². The van der Waals surface area contributed by atoms with Crippen LogP contribution in [0.5, 0.6) is 0 Å². The molecular weight excluding hydrogens is 202 g/mol. The minimum atomic E-state index is 0.287. The summed E-state index contributed by atoms with van der Waals surface area (Å²) in [5, 5.41) is 3.62. The fourth-order valence-corrected chi connectivity index (χ4v) is 1.19. The predicted octanol–water partition coefficient (Wildman–Crippen LogP) is 2.45. The molecule has 3 nitrogen and oxygen atoms in total. The summed E-state index contributed by atoms with van der Waals surface area (Å²) < 4.78 is 10.5. The first-order chi connectivity index (χ1) is 6.68. The highest BCUT2D eigenvalue weighted by molar-refractivity contribution is 6.28. The van der Waals surface area contributed by atoms with E-state index in [9.17, 15) is 0 Å². The van der Waals surface area contributed by atoms with Crippen LogP contribution in [0, 0.1) is 0 Å². The van der Waals surface area contributed by atoms with Gasteiger partial charge in [-0.05, 0) is 37.6 Å². The molecule has 0 spiro atoms. The molecule has 0 saturated carbocycles. The van der Waals surface area contributed by atoms with Gasteiger partial charge in [0, 0.05) is 6.54 Å². The third-order valence-electron chi connectivity index (χ3n) is 1.66. The van der Waals surface area contributed by atoms with Crippen LogP contribution in [0.4, 0.5) is 0 Å². The van der Waals surface area contributed by atoms with E-state index in [2.05, 4.69) is 5.32 Å². The molecule has 0 saturated heterocycles. The van der Waals surface area contributed by atoms with Gasteiger partial charge >= 0.3 is 0 Å². The number of rotatable bonds is 6. The highest BCUT2D eigenvalue weighted by Crippen LogP contribution is 2.12. The van der Waals surface area contributed by atoms with Crippen molar-refractivity contribution in [2.75, 3.05) is 13.2 Å². The zero-order valence-corrected chi connectivity index (χ0v) is 9.30. The van der Waals surface area contributed by atoms with Crippen LogP contribution < -0.4 is 5.32 Å². The molecule has 0 bridgehead atoms. The molecule has 4 heteroatoms. The second-order valence-electron chi connectivity index (χ2n) is 3.30. The Morgan fingerprint density at radius 2 is 2.29 bits per heavy atom. The first-order valence-corrected chi connectivity index (χ1v) is 5.13. The summed E-state index contributed by atoms with van der Waals surface area (Å²) in [6.07, 6.45) is 0.287. The molecule has 0 atom stereocenters. The van der Waals surface area contributed by atoms with Crippen LogP contribution in [0.15, 0.2) is 16.5 Å². The quantitative estimate of drug-likeness (QED) is 0.744. The zero-order valence-electron chi connectivity index (χ0n) is 8.55. The van der Waals surface area contributed by atoms with Gasteiger partial charge in [0.25, 0.3) is 0 Å². The Balaban J connectivity index is 2.04. The van der Waals surface area contributed by atoms with Crippen molar-refractivity contribution in [2.24, 2.45) is 0 Å². The maximum atomic E-state index is 5.62. The van der Waals surface area contributed by atoms with Crippen LogP contribution in [0.2, 0.25) is 5.22 Å². The van der Waals surface area contributed by atoms with E-state index in [0.717, 1.165) is 12.3 Å². The van der Waals surface area contributed by atoms with E-state index in [-0.39, 0.29) is 6.10 Å². The standard InChI is InChI=1S/C10H16ClNO2/c1-8(2)13-6-5-12-7-9-3-4-10(11)14-9/h3-4,8,12H,5-7H2,1-2H3. The zero-order chi connectivity index (χ0) is 10.4. The Hall–Kier alpha value is -0.510. The SMILES string of the molecule is CC(C)OCCNCc1ccc(Cl)o1. The van der Waals surface area contributed by atoms with Gasteiger partial charge in [-0.25, -0.2) is 0 Å². The van der Waals surface area contributed by atoms with E-state index in [1.807, 2.05) is 19.9 Å². The van der Waals surface area contributed by atoms with Gasteiger partial charge in [0.1, 0.15) is 5.76 Å². The lowest BCUT2D eigenvalue weighted by atomic mass is 10.4. The monoisotopic (exact) mass is 217 g/mol. The van der Waals surface area contributed by atoms with Gasteiger partial charge in [-0.15, -0.1) is 0 Å². The Morgan fingerprint density at radius 1 is 1.50 bits per heavy atom. The van der Waals surface area contributed by atoms with Crippen LogP contribution >= 0.6 is 11.6 Å². The van der Waals surface area contributed by atoms with Crippen molar-refractivity contribution in [3.8, 4) is 0 Å². The minimum Gasteiger partial charge on any atom is -0.448 e. The topological polar surface area (TPSA) is 34.4 Å². The van der Waals surface area contributed by atoms with Crippen molar-refractivity contribution < 1.29 is 9.15 Å². The van der Waals surface area contributed by atoms with Crippen molar-refractivity contribution in [1.29, 1.82) is 0 Å². The Bertz CT molecular complexity index is 260. The van der Waals surface area contributed by atoms with E-state index in [4.69, 9.17) is 20.8 Å². The molecule has 0 aromatic carbocycles. The second-order valence-corrected chi connectivity index (χ2v) is 3.67. The number of hydrogen-bond acceptors (Lipinski definition) is 3. The van der Waals surface area contributed by atoms with E-state index < -0.39 is 0 Å². The van der Waals surface area contributed by atoms with E-state index >= 15 is 0 Å². The van der Waals surface area contributed by atoms with Crippen LogP contribution in [-0.2, 0) is 11.3 Å². The van der Waals surface area contributed by atoms with Gasteiger partial charge in [0.2, 0.25) is 0 Å². The lowest BCUT2D eigenvalue weighted by molar-refractivity contribution is 0.0805. The first-order valence-electron chi connectivity index (χ1n) is 4.75. The average molecular weight is 218 g/mol. The van der Waals surface area contributed by atoms with Crippen LogP contribution in [0.3, 0.4) is 0 Å². The number of nitrogens with one attached hydrogen (secondary N) is 1. The fraction of sp³-hybridized carbons (Fsp3) is 0.600. The largest absolute Gasteiger partial charge is 0.448 e. The summed E-state index contributed by atoms with van der Waals surface area (Å²) in [6.45, 7) is 6.26. The maximum absolute atomic E-state index is 5.62. The molecule has 0 unspecified atom stereocenters. The Morgan fingerprint density at radius 3 is 2.86 bits per heavy atom. The molecule has 1 heterocycles. The molecule has 80 valence electrons. The third kappa shape index (κ3) is 4.65. The molecule has 0 amide bonds. The highest BCUT2D eigenvalue weighted by Gasteiger charge is 1.98.